The molecule has 0 aliphatic carbocycles. The lowest BCUT2D eigenvalue weighted by Crippen LogP contribution is -2.06. The molecule has 0 N–H and O–H groups in total. The van der Waals surface area contributed by atoms with Crippen molar-refractivity contribution in [2.75, 3.05) is 6.61 Å². The summed E-state index contributed by atoms with van der Waals surface area (Å²) in [6, 6.07) is 17.4. The number of Topliss-reactive ketones (excluding diaryl/α,β-unsaturated/α-hetero) is 1. The highest BCUT2D eigenvalue weighted by molar-refractivity contribution is 6.30. The van der Waals surface area contributed by atoms with Gasteiger partial charge in [-0.1, -0.05) is 99.3 Å². The highest BCUT2D eigenvalue weighted by Crippen LogP contribution is 2.25. The van der Waals surface area contributed by atoms with Crippen LogP contribution in [-0.4, -0.2) is 18.9 Å². The normalized spacial score (nSPS) is 11.2. The molecular weight excluding hydrogens is 396 g/mol. The van der Waals surface area contributed by atoms with Gasteiger partial charge in [-0.2, -0.15) is 0 Å². The number of hydrogen-bond donors (Lipinski definition) is 0. The Balaban J connectivity index is 0.000000680. The van der Waals surface area contributed by atoms with Crippen LogP contribution < -0.4 is 0 Å². The van der Waals surface area contributed by atoms with E-state index in [-0.39, 0.29) is 5.78 Å². The molecule has 3 heteroatoms. The zero-order valence-electron chi connectivity index (χ0n) is 20.2. The van der Waals surface area contributed by atoms with Crippen LogP contribution in [0.3, 0.4) is 0 Å². The van der Waals surface area contributed by atoms with Crippen molar-refractivity contribution < 1.29 is 14.3 Å². The van der Waals surface area contributed by atoms with Crippen LogP contribution in [0.2, 0.25) is 0 Å². The maximum Gasteiger partial charge on any atom is 0.293 e. The Morgan fingerprint density at radius 1 is 1.00 bits per heavy atom. The number of carbonyl (C=O) groups excluding carboxylic acids is 2. The van der Waals surface area contributed by atoms with Gasteiger partial charge in [0.25, 0.3) is 6.47 Å². The first-order valence-electron chi connectivity index (χ1n) is 10.8. The van der Waals surface area contributed by atoms with Gasteiger partial charge in [-0.15, -0.1) is 0 Å². The average Bonchev–Trinajstić information content (AvgIpc) is 2.84. The van der Waals surface area contributed by atoms with Crippen LogP contribution in [0.4, 0.5) is 0 Å². The van der Waals surface area contributed by atoms with Gasteiger partial charge in [0.05, 0.1) is 0 Å². The summed E-state index contributed by atoms with van der Waals surface area (Å²) >= 11 is 0. The molecule has 2 aromatic carbocycles. The number of aryl methyl sites for hydroxylation is 1. The van der Waals surface area contributed by atoms with Crippen LogP contribution >= 0.6 is 0 Å². The molecule has 0 atom stereocenters. The Morgan fingerprint density at radius 2 is 1.59 bits per heavy atom. The predicted octanol–water partition coefficient (Wildman–Crippen LogP) is 7.55. The van der Waals surface area contributed by atoms with Gasteiger partial charge in [-0.3, -0.25) is 9.59 Å². The quantitative estimate of drug-likeness (QED) is 0.187. The van der Waals surface area contributed by atoms with Crippen molar-refractivity contribution in [3.05, 3.63) is 113 Å². The Hall–Kier alpha value is -3.46. The number of ether oxygens (including phenoxy) is 1. The van der Waals surface area contributed by atoms with Crippen molar-refractivity contribution in [2.45, 2.75) is 41.5 Å². The van der Waals surface area contributed by atoms with E-state index in [1.807, 2.05) is 114 Å². The van der Waals surface area contributed by atoms with Crippen molar-refractivity contribution in [3.8, 4) is 0 Å². The molecule has 170 valence electrons. The first-order valence-corrected chi connectivity index (χ1v) is 10.8. The maximum atomic E-state index is 12.9. The topological polar surface area (TPSA) is 43.4 Å². The molecule has 2 aromatic rings. The number of ketones is 1. The number of benzene rings is 2. The molecule has 2 rings (SSSR count). The Labute approximate surface area is 193 Å². The molecule has 0 saturated carbocycles. The van der Waals surface area contributed by atoms with Gasteiger partial charge in [0.1, 0.15) is 6.61 Å². The summed E-state index contributed by atoms with van der Waals surface area (Å²) in [5.41, 5.74) is 5.28. The highest BCUT2D eigenvalue weighted by atomic mass is 16.5. The van der Waals surface area contributed by atoms with E-state index >= 15 is 0 Å². The molecule has 32 heavy (non-hydrogen) atoms. The van der Waals surface area contributed by atoms with E-state index in [1.54, 1.807) is 6.08 Å². The zero-order chi connectivity index (χ0) is 24.4. The first-order chi connectivity index (χ1) is 15.5. The van der Waals surface area contributed by atoms with Crippen LogP contribution in [0.25, 0.3) is 5.57 Å². The van der Waals surface area contributed by atoms with Gasteiger partial charge >= 0.3 is 0 Å². The van der Waals surface area contributed by atoms with Crippen LogP contribution in [-0.2, 0) is 9.53 Å². The molecule has 0 saturated heterocycles. The van der Waals surface area contributed by atoms with E-state index in [0.717, 1.165) is 33.4 Å². The standard InChI is InChI=1S/C19H18O.C8H12O2.C2H6/c1-4-14(2)18(16-11-6-5-7-12-16)19(20)17-13-9-8-10-15(17)3;1-3-5-8(4-2)6-10-7-9;1-2/h4-13H,1H2,2-3H3;3-5,7H,6H2,1-2H3;1-2H3/b18-14-;5-3-,8-4+;. The zero-order valence-corrected chi connectivity index (χ0v) is 20.2. The molecule has 0 radical (unpaired) electrons. The molecular formula is C29H36O3. The number of rotatable bonds is 8. The van der Waals surface area contributed by atoms with Gasteiger partial charge in [0.2, 0.25) is 0 Å². The lowest BCUT2D eigenvalue weighted by atomic mass is 9.91. The number of carbonyl (C=O) groups is 2. The second-order valence-corrected chi connectivity index (χ2v) is 6.54. The minimum atomic E-state index is 0.0479. The van der Waals surface area contributed by atoms with Crippen LogP contribution in [0, 0.1) is 6.92 Å². The third-order valence-corrected chi connectivity index (χ3v) is 4.45. The van der Waals surface area contributed by atoms with Crippen molar-refractivity contribution in [2.24, 2.45) is 0 Å². The fourth-order valence-electron chi connectivity index (χ4n) is 2.78. The molecule has 0 aromatic heterocycles. The molecule has 0 unspecified atom stereocenters. The van der Waals surface area contributed by atoms with Crippen molar-refractivity contribution in [1.82, 2.24) is 0 Å². The fraction of sp³-hybridized carbons (Fsp3) is 0.241. The van der Waals surface area contributed by atoms with Crippen molar-refractivity contribution >= 4 is 17.8 Å². The van der Waals surface area contributed by atoms with Gasteiger partial charge in [-0.25, -0.2) is 0 Å². The van der Waals surface area contributed by atoms with Crippen LogP contribution in [0.5, 0.6) is 0 Å². The van der Waals surface area contributed by atoms with Gasteiger partial charge in [0, 0.05) is 11.1 Å². The third-order valence-electron chi connectivity index (χ3n) is 4.45. The molecule has 0 heterocycles. The molecule has 0 fully saturated rings. The Morgan fingerprint density at radius 3 is 2.09 bits per heavy atom. The highest BCUT2D eigenvalue weighted by Gasteiger charge is 2.17. The lowest BCUT2D eigenvalue weighted by Gasteiger charge is -2.11. The summed E-state index contributed by atoms with van der Waals surface area (Å²) in [6.45, 7) is 16.3. The van der Waals surface area contributed by atoms with E-state index in [1.165, 1.54) is 0 Å². The first kappa shape index (κ1) is 28.5. The minimum Gasteiger partial charge on any atom is -0.463 e. The average molecular weight is 433 g/mol. The lowest BCUT2D eigenvalue weighted by molar-refractivity contribution is -0.127. The second kappa shape index (κ2) is 17.2. The van der Waals surface area contributed by atoms with E-state index in [9.17, 15) is 9.59 Å². The summed E-state index contributed by atoms with van der Waals surface area (Å²) in [5, 5.41) is 0. The van der Waals surface area contributed by atoms with Gasteiger partial charge in [0.15, 0.2) is 5.78 Å². The van der Waals surface area contributed by atoms with Crippen molar-refractivity contribution in [3.63, 3.8) is 0 Å². The summed E-state index contributed by atoms with van der Waals surface area (Å²) in [5.74, 6) is 0.0479. The largest absolute Gasteiger partial charge is 0.463 e. The molecule has 0 bridgehead atoms. The van der Waals surface area contributed by atoms with E-state index in [0.29, 0.717) is 13.1 Å². The maximum absolute atomic E-state index is 12.9. The summed E-state index contributed by atoms with van der Waals surface area (Å²) in [4.78, 5) is 22.6. The Bertz CT molecular complexity index is 932. The molecule has 0 amide bonds. The van der Waals surface area contributed by atoms with Crippen LogP contribution in [0.1, 0.15) is 56.1 Å². The van der Waals surface area contributed by atoms with E-state index < -0.39 is 0 Å². The number of allylic oxidation sites excluding steroid dienone is 5. The SMILES string of the molecule is C/C=C\C(=C/C)COC=O.C=C/C(C)=C(\C(=O)c1ccccc1C)c1ccccc1.CC. The summed E-state index contributed by atoms with van der Waals surface area (Å²) < 4.78 is 4.54. The molecule has 0 spiro atoms. The number of hydrogen-bond acceptors (Lipinski definition) is 3. The molecule has 3 nitrogen and oxygen atoms in total. The minimum absolute atomic E-state index is 0.0479. The summed E-state index contributed by atoms with van der Waals surface area (Å²) in [7, 11) is 0. The van der Waals surface area contributed by atoms with E-state index in [4.69, 9.17) is 0 Å². The van der Waals surface area contributed by atoms with Gasteiger partial charge in [-0.05, 0) is 50.0 Å². The third kappa shape index (κ3) is 9.57. The smallest absolute Gasteiger partial charge is 0.293 e. The van der Waals surface area contributed by atoms with Gasteiger partial charge < -0.3 is 4.74 Å². The van der Waals surface area contributed by atoms with Crippen LogP contribution in [0.15, 0.2) is 96.6 Å². The van der Waals surface area contributed by atoms with E-state index in [2.05, 4.69) is 11.3 Å². The monoisotopic (exact) mass is 432 g/mol. The Kier molecular flexibility index (Phi) is 15.4. The predicted molar refractivity (Wildman–Crippen MR) is 137 cm³/mol. The fourth-order valence-corrected chi connectivity index (χ4v) is 2.78. The molecule has 0 aliphatic rings. The molecule has 0 aliphatic heterocycles. The summed E-state index contributed by atoms with van der Waals surface area (Å²) in [6.07, 6.45) is 7.45. The van der Waals surface area contributed by atoms with Crippen molar-refractivity contribution in [1.29, 1.82) is 0 Å². The second-order valence-electron chi connectivity index (χ2n) is 6.54.